The molecule has 0 bridgehead atoms. The molecule has 2 amide bonds. The van der Waals surface area contributed by atoms with Crippen molar-refractivity contribution in [2.24, 2.45) is 0 Å². The first-order chi connectivity index (χ1) is 11.6. The van der Waals surface area contributed by atoms with Crippen molar-refractivity contribution in [3.05, 3.63) is 54.1 Å². The fourth-order valence-electron chi connectivity index (χ4n) is 2.28. The molecule has 24 heavy (non-hydrogen) atoms. The van der Waals surface area contributed by atoms with Crippen LogP contribution >= 0.6 is 0 Å². The van der Waals surface area contributed by atoms with E-state index >= 15 is 0 Å². The van der Waals surface area contributed by atoms with E-state index in [1.165, 1.54) is 5.56 Å². The Balaban J connectivity index is 1.73. The number of benzene rings is 2. The van der Waals surface area contributed by atoms with Gasteiger partial charge >= 0.3 is 6.03 Å². The van der Waals surface area contributed by atoms with Gasteiger partial charge in [-0.1, -0.05) is 25.1 Å². The molecule has 0 aliphatic heterocycles. The highest BCUT2D eigenvalue weighted by molar-refractivity contribution is 5.89. The average molecular weight is 327 g/mol. The lowest BCUT2D eigenvalue weighted by Gasteiger charge is -2.13. The average Bonchev–Trinajstić information content (AvgIpc) is 2.59. The Kier molecular flexibility index (Phi) is 6.49. The normalized spacial score (nSPS) is 10.1. The zero-order valence-electron chi connectivity index (χ0n) is 14.5. The zero-order chi connectivity index (χ0) is 17.4. The molecule has 0 spiro atoms. The van der Waals surface area contributed by atoms with Crippen LogP contribution in [-0.4, -0.2) is 33.3 Å². The molecular weight excluding hydrogens is 302 g/mol. The molecule has 0 saturated heterocycles. The lowest BCUT2D eigenvalue weighted by atomic mass is 10.1. The van der Waals surface area contributed by atoms with E-state index in [1.54, 1.807) is 0 Å². The molecule has 2 aromatic carbocycles. The molecule has 2 rings (SSSR count). The number of hydrogen-bond acceptors (Lipinski definition) is 3. The molecule has 0 saturated carbocycles. The molecule has 5 heteroatoms. The van der Waals surface area contributed by atoms with E-state index in [9.17, 15) is 4.79 Å². The Morgan fingerprint density at radius 1 is 1.08 bits per heavy atom. The first-order valence-electron chi connectivity index (χ1n) is 8.13. The first kappa shape index (κ1) is 17.7. The molecule has 0 unspecified atom stereocenters. The molecule has 5 nitrogen and oxygen atoms in total. The third-order valence-corrected chi connectivity index (χ3v) is 3.64. The van der Waals surface area contributed by atoms with Gasteiger partial charge in [0, 0.05) is 25.5 Å². The predicted molar refractivity (Wildman–Crippen MR) is 99.1 cm³/mol. The van der Waals surface area contributed by atoms with Crippen LogP contribution in [0.1, 0.15) is 12.5 Å². The minimum absolute atomic E-state index is 0.236. The maximum atomic E-state index is 11.9. The Hall–Kier alpha value is -2.69. The predicted octanol–water partition coefficient (Wildman–Crippen LogP) is 3.52. The molecular formula is C19H25N3O2. The molecule has 2 aromatic rings. The fourth-order valence-corrected chi connectivity index (χ4v) is 2.28. The lowest BCUT2D eigenvalue weighted by molar-refractivity contribution is 0.247. The molecule has 0 aliphatic rings. The second kappa shape index (κ2) is 8.82. The largest absolute Gasteiger partial charge is 0.491 e. The van der Waals surface area contributed by atoms with Crippen LogP contribution in [0.4, 0.5) is 16.2 Å². The Morgan fingerprint density at radius 3 is 2.46 bits per heavy atom. The summed E-state index contributed by atoms with van der Waals surface area (Å²) in [6.07, 6.45) is 0.924. The van der Waals surface area contributed by atoms with Crippen molar-refractivity contribution in [2.75, 3.05) is 37.5 Å². The first-order valence-corrected chi connectivity index (χ1v) is 8.13. The number of urea groups is 1. The number of aryl methyl sites for hydroxylation is 1. The van der Waals surface area contributed by atoms with Crippen LogP contribution in [-0.2, 0) is 6.42 Å². The monoisotopic (exact) mass is 327 g/mol. The Morgan fingerprint density at radius 2 is 1.79 bits per heavy atom. The number of nitrogens with zero attached hydrogens (tertiary/aromatic N) is 1. The Bertz CT molecular complexity index is 654. The fraction of sp³-hybridized carbons (Fsp3) is 0.316. The number of hydrogen-bond donors (Lipinski definition) is 2. The van der Waals surface area contributed by atoms with Gasteiger partial charge in [-0.3, -0.25) is 0 Å². The summed E-state index contributed by atoms with van der Waals surface area (Å²) < 4.78 is 5.72. The third kappa shape index (κ3) is 5.19. The molecule has 128 valence electrons. The van der Waals surface area contributed by atoms with Crippen molar-refractivity contribution >= 4 is 17.4 Å². The molecule has 0 fully saturated rings. The standard InChI is InChI=1S/C19H25N3O2/c1-4-15-7-5-6-8-18(15)24-14-13-20-19(23)21-16-9-11-17(12-10-16)22(2)3/h5-12H,4,13-14H2,1-3H3,(H2,20,21,23). The Labute approximate surface area is 143 Å². The SMILES string of the molecule is CCc1ccccc1OCCNC(=O)Nc1ccc(N(C)C)cc1. The smallest absolute Gasteiger partial charge is 0.319 e. The van der Waals surface area contributed by atoms with Crippen molar-refractivity contribution in [1.29, 1.82) is 0 Å². The van der Waals surface area contributed by atoms with Gasteiger partial charge in [0.05, 0.1) is 6.54 Å². The number of rotatable bonds is 7. The molecule has 2 N–H and O–H groups in total. The van der Waals surface area contributed by atoms with Crippen LogP contribution in [0.3, 0.4) is 0 Å². The number of para-hydroxylation sites is 1. The van der Waals surface area contributed by atoms with Crippen LogP contribution in [0.25, 0.3) is 0 Å². The van der Waals surface area contributed by atoms with Gasteiger partial charge < -0.3 is 20.3 Å². The van der Waals surface area contributed by atoms with Crippen LogP contribution < -0.4 is 20.3 Å². The van der Waals surface area contributed by atoms with E-state index in [-0.39, 0.29) is 6.03 Å². The van der Waals surface area contributed by atoms with E-state index in [0.717, 1.165) is 23.5 Å². The summed E-state index contributed by atoms with van der Waals surface area (Å²) >= 11 is 0. The van der Waals surface area contributed by atoms with Gasteiger partial charge in [0.1, 0.15) is 12.4 Å². The topological polar surface area (TPSA) is 53.6 Å². The van der Waals surface area contributed by atoms with Gasteiger partial charge in [0.25, 0.3) is 0 Å². The summed E-state index contributed by atoms with van der Waals surface area (Å²) in [4.78, 5) is 13.9. The van der Waals surface area contributed by atoms with Gasteiger partial charge in [-0.15, -0.1) is 0 Å². The third-order valence-electron chi connectivity index (χ3n) is 3.64. The second-order valence-corrected chi connectivity index (χ2v) is 5.63. The van der Waals surface area contributed by atoms with Crippen molar-refractivity contribution in [3.8, 4) is 5.75 Å². The van der Waals surface area contributed by atoms with E-state index < -0.39 is 0 Å². The van der Waals surface area contributed by atoms with E-state index in [4.69, 9.17) is 4.74 Å². The summed E-state index contributed by atoms with van der Waals surface area (Å²) in [6, 6.07) is 15.4. The molecule has 0 aliphatic carbocycles. The summed E-state index contributed by atoms with van der Waals surface area (Å²) in [6.45, 7) is 2.97. The lowest BCUT2D eigenvalue weighted by Crippen LogP contribution is -2.32. The van der Waals surface area contributed by atoms with Crippen LogP contribution in [0.5, 0.6) is 5.75 Å². The van der Waals surface area contributed by atoms with Crippen LogP contribution in [0.2, 0.25) is 0 Å². The van der Waals surface area contributed by atoms with Gasteiger partial charge in [0.2, 0.25) is 0 Å². The van der Waals surface area contributed by atoms with Crippen LogP contribution in [0, 0.1) is 0 Å². The maximum absolute atomic E-state index is 11.9. The van der Waals surface area contributed by atoms with Crippen molar-refractivity contribution in [2.45, 2.75) is 13.3 Å². The number of carbonyl (C=O) groups excluding carboxylic acids is 1. The molecule has 0 atom stereocenters. The minimum Gasteiger partial charge on any atom is -0.491 e. The van der Waals surface area contributed by atoms with Crippen LogP contribution in [0.15, 0.2) is 48.5 Å². The number of anilines is 2. The van der Waals surface area contributed by atoms with Gasteiger partial charge in [-0.2, -0.15) is 0 Å². The van der Waals surface area contributed by atoms with Crippen molar-refractivity contribution in [3.63, 3.8) is 0 Å². The van der Waals surface area contributed by atoms with Gasteiger partial charge in [-0.25, -0.2) is 4.79 Å². The highest BCUT2D eigenvalue weighted by Crippen LogP contribution is 2.18. The number of amides is 2. The number of nitrogens with one attached hydrogen (secondary N) is 2. The second-order valence-electron chi connectivity index (χ2n) is 5.63. The van der Waals surface area contributed by atoms with Crippen molar-refractivity contribution < 1.29 is 9.53 Å². The quantitative estimate of drug-likeness (QED) is 0.765. The maximum Gasteiger partial charge on any atom is 0.319 e. The van der Waals surface area contributed by atoms with E-state index in [0.29, 0.717) is 13.2 Å². The highest BCUT2D eigenvalue weighted by atomic mass is 16.5. The van der Waals surface area contributed by atoms with Crippen molar-refractivity contribution in [1.82, 2.24) is 5.32 Å². The molecule has 0 aromatic heterocycles. The summed E-state index contributed by atoms with van der Waals surface area (Å²) in [5.41, 5.74) is 3.02. The van der Waals surface area contributed by atoms with E-state index in [2.05, 4.69) is 17.6 Å². The zero-order valence-corrected chi connectivity index (χ0v) is 14.5. The highest BCUT2D eigenvalue weighted by Gasteiger charge is 2.03. The van der Waals surface area contributed by atoms with Gasteiger partial charge in [-0.05, 0) is 42.3 Å². The van der Waals surface area contributed by atoms with Gasteiger partial charge in [0.15, 0.2) is 0 Å². The molecule has 0 heterocycles. The molecule has 0 radical (unpaired) electrons. The number of carbonyl (C=O) groups is 1. The number of ether oxygens (including phenoxy) is 1. The minimum atomic E-state index is -0.236. The summed E-state index contributed by atoms with van der Waals surface area (Å²) in [5.74, 6) is 0.876. The summed E-state index contributed by atoms with van der Waals surface area (Å²) in [5, 5.41) is 5.60. The van der Waals surface area contributed by atoms with E-state index in [1.807, 2.05) is 67.5 Å². The summed E-state index contributed by atoms with van der Waals surface area (Å²) in [7, 11) is 3.96.